The van der Waals surface area contributed by atoms with Gasteiger partial charge in [0.15, 0.2) is 5.78 Å². The number of rotatable bonds is 8. The summed E-state index contributed by atoms with van der Waals surface area (Å²) in [6, 6.07) is 6.55. The molecule has 0 aliphatic carbocycles. The normalized spacial score (nSPS) is 11.7. The van der Waals surface area contributed by atoms with Gasteiger partial charge in [-0.05, 0) is 62.6 Å². The van der Waals surface area contributed by atoms with Gasteiger partial charge in [0.1, 0.15) is 0 Å². The zero-order chi connectivity index (χ0) is 17.4. The first-order chi connectivity index (χ1) is 10.8. The average molecular weight is 316 g/mol. The Morgan fingerprint density at radius 1 is 1.26 bits per heavy atom. The quantitative estimate of drug-likeness (QED) is 0.312. The van der Waals surface area contributed by atoms with Crippen molar-refractivity contribution in [2.45, 2.75) is 53.9 Å². The van der Waals surface area contributed by atoms with Gasteiger partial charge >= 0.3 is 5.97 Å². The average Bonchev–Trinajstić information content (AvgIpc) is 2.44. The molecule has 0 aromatic heterocycles. The molecule has 0 amide bonds. The molecular formula is C20H28O3. The van der Waals surface area contributed by atoms with E-state index in [1.54, 1.807) is 13.0 Å². The molecule has 0 N–H and O–H groups in total. The second-order valence-corrected chi connectivity index (χ2v) is 6.29. The maximum Gasteiger partial charge on any atom is 0.341 e. The lowest BCUT2D eigenvalue weighted by Gasteiger charge is -2.10. The number of carbonyl (C=O) groups is 2. The Balaban J connectivity index is 2.75. The van der Waals surface area contributed by atoms with Crippen molar-refractivity contribution in [3.63, 3.8) is 0 Å². The third kappa shape index (κ3) is 6.39. The van der Waals surface area contributed by atoms with Crippen molar-refractivity contribution < 1.29 is 14.3 Å². The Kier molecular flexibility index (Phi) is 7.73. The van der Waals surface area contributed by atoms with Crippen molar-refractivity contribution in [1.82, 2.24) is 0 Å². The Labute approximate surface area is 139 Å². The first-order valence-corrected chi connectivity index (χ1v) is 8.31. The van der Waals surface area contributed by atoms with Gasteiger partial charge in [-0.15, -0.1) is 0 Å². The number of carbonyl (C=O) groups excluding carboxylic acids is 2. The van der Waals surface area contributed by atoms with Gasteiger partial charge in [-0.25, -0.2) is 4.79 Å². The molecule has 23 heavy (non-hydrogen) atoms. The smallest absolute Gasteiger partial charge is 0.341 e. The highest BCUT2D eigenvalue weighted by molar-refractivity contribution is 6.16. The van der Waals surface area contributed by atoms with Crippen LogP contribution in [0.4, 0.5) is 0 Å². The van der Waals surface area contributed by atoms with Gasteiger partial charge in [0.05, 0.1) is 12.2 Å². The molecule has 0 unspecified atom stereocenters. The molecule has 126 valence electrons. The molecule has 0 saturated carbocycles. The van der Waals surface area contributed by atoms with Gasteiger partial charge < -0.3 is 4.74 Å². The van der Waals surface area contributed by atoms with Gasteiger partial charge in [0.2, 0.25) is 0 Å². The molecule has 0 bridgehead atoms. The monoisotopic (exact) mass is 316 g/mol. The van der Waals surface area contributed by atoms with Crippen LogP contribution in [-0.2, 0) is 27.2 Å². The van der Waals surface area contributed by atoms with Crippen LogP contribution in [-0.4, -0.2) is 18.4 Å². The van der Waals surface area contributed by atoms with Crippen molar-refractivity contribution in [3.8, 4) is 0 Å². The number of aryl methyl sites for hydroxylation is 2. The minimum atomic E-state index is -0.524. The molecular weight excluding hydrogens is 288 g/mol. The zero-order valence-electron chi connectivity index (χ0n) is 14.9. The van der Waals surface area contributed by atoms with Gasteiger partial charge in [0, 0.05) is 0 Å². The lowest BCUT2D eigenvalue weighted by atomic mass is 9.96. The Hall–Kier alpha value is -1.90. The molecule has 1 aromatic rings. The molecule has 0 fully saturated rings. The van der Waals surface area contributed by atoms with E-state index >= 15 is 0 Å². The van der Waals surface area contributed by atoms with Crippen molar-refractivity contribution in [2.24, 2.45) is 5.92 Å². The third-order valence-electron chi connectivity index (χ3n) is 3.69. The van der Waals surface area contributed by atoms with Crippen LogP contribution in [0.25, 0.3) is 0 Å². The van der Waals surface area contributed by atoms with Crippen LogP contribution in [0.2, 0.25) is 0 Å². The Morgan fingerprint density at radius 3 is 2.48 bits per heavy atom. The van der Waals surface area contributed by atoms with E-state index in [1.807, 2.05) is 0 Å². The molecule has 0 atom stereocenters. The summed E-state index contributed by atoms with van der Waals surface area (Å²) in [5, 5.41) is 0. The van der Waals surface area contributed by atoms with Crippen LogP contribution in [0.1, 0.15) is 50.8 Å². The molecule has 0 spiro atoms. The largest absolute Gasteiger partial charge is 0.462 e. The topological polar surface area (TPSA) is 43.4 Å². The standard InChI is InChI=1S/C20H28O3/c1-6-23-20(22)19(16(5)21)9-7-8-18-11-10-17(12-14(2)3)13-15(18)4/h9-11,13-14H,6-8,12H2,1-5H3. The highest BCUT2D eigenvalue weighted by Crippen LogP contribution is 2.16. The van der Waals surface area contributed by atoms with Crippen molar-refractivity contribution >= 4 is 11.8 Å². The van der Waals surface area contributed by atoms with Crippen LogP contribution in [0.15, 0.2) is 29.8 Å². The number of esters is 1. The predicted octanol–water partition coefficient (Wildman–Crippen LogP) is 4.20. The fourth-order valence-corrected chi connectivity index (χ4v) is 2.59. The summed E-state index contributed by atoms with van der Waals surface area (Å²) in [6.45, 7) is 9.95. The second kappa shape index (κ2) is 9.29. The maximum absolute atomic E-state index is 11.7. The van der Waals surface area contributed by atoms with Gasteiger partial charge in [-0.2, -0.15) is 0 Å². The van der Waals surface area contributed by atoms with Crippen LogP contribution in [0.5, 0.6) is 0 Å². The fraction of sp³-hybridized carbons (Fsp3) is 0.500. The summed E-state index contributed by atoms with van der Waals surface area (Å²) in [4.78, 5) is 23.3. The summed E-state index contributed by atoms with van der Waals surface area (Å²) < 4.78 is 4.92. The lowest BCUT2D eigenvalue weighted by Crippen LogP contribution is -2.13. The number of benzene rings is 1. The van der Waals surface area contributed by atoms with E-state index in [2.05, 4.69) is 39.0 Å². The lowest BCUT2D eigenvalue weighted by molar-refractivity contribution is -0.139. The van der Waals surface area contributed by atoms with Gasteiger partial charge in [0.25, 0.3) is 0 Å². The summed E-state index contributed by atoms with van der Waals surface area (Å²) >= 11 is 0. The number of allylic oxidation sites excluding steroid dienone is 1. The molecule has 0 heterocycles. The maximum atomic E-state index is 11.7. The summed E-state index contributed by atoms with van der Waals surface area (Å²) in [6.07, 6.45) is 4.24. The van der Waals surface area contributed by atoms with E-state index in [-0.39, 0.29) is 18.0 Å². The van der Waals surface area contributed by atoms with E-state index in [4.69, 9.17) is 4.74 Å². The fourth-order valence-electron chi connectivity index (χ4n) is 2.59. The molecule has 3 nitrogen and oxygen atoms in total. The minimum absolute atomic E-state index is 0.154. The minimum Gasteiger partial charge on any atom is -0.462 e. The van der Waals surface area contributed by atoms with Crippen molar-refractivity contribution in [3.05, 3.63) is 46.5 Å². The zero-order valence-corrected chi connectivity index (χ0v) is 14.9. The highest BCUT2D eigenvalue weighted by Gasteiger charge is 2.14. The summed E-state index contributed by atoms with van der Waals surface area (Å²) in [5.41, 5.74) is 4.02. The van der Waals surface area contributed by atoms with Crippen LogP contribution >= 0.6 is 0 Å². The molecule has 3 heteroatoms. The van der Waals surface area contributed by atoms with E-state index in [0.717, 1.165) is 12.8 Å². The summed E-state index contributed by atoms with van der Waals surface area (Å²) in [5.74, 6) is -0.123. The second-order valence-electron chi connectivity index (χ2n) is 6.29. The number of Topliss-reactive ketones (excluding diaryl/α,β-unsaturated/α-hetero) is 1. The molecule has 0 aliphatic heterocycles. The van der Waals surface area contributed by atoms with Crippen LogP contribution in [0, 0.1) is 12.8 Å². The first kappa shape index (κ1) is 19.1. The molecule has 0 saturated heterocycles. The summed E-state index contributed by atoms with van der Waals surface area (Å²) in [7, 11) is 0. The predicted molar refractivity (Wildman–Crippen MR) is 93.4 cm³/mol. The van der Waals surface area contributed by atoms with Gasteiger partial charge in [-0.3, -0.25) is 4.79 Å². The third-order valence-corrected chi connectivity index (χ3v) is 3.69. The number of ketones is 1. The highest BCUT2D eigenvalue weighted by atomic mass is 16.5. The van der Waals surface area contributed by atoms with Crippen LogP contribution in [0.3, 0.4) is 0 Å². The number of hydrogen-bond donors (Lipinski definition) is 0. The molecule has 0 aliphatic rings. The Bertz CT molecular complexity index is 583. The molecule has 1 aromatic carbocycles. The first-order valence-electron chi connectivity index (χ1n) is 8.31. The van der Waals surface area contributed by atoms with Crippen LogP contribution < -0.4 is 0 Å². The van der Waals surface area contributed by atoms with Crippen molar-refractivity contribution in [2.75, 3.05) is 6.61 Å². The van der Waals surface area contributed by atoms with E-state index < -0.39 is 5.97 Å². The van der Waals surface area contributed by atoms with Gasteiger partial charge in [-0.1, -0.05) is 38.1 Å². The number of hydrogen-bond acceptors (Lipinski definition) is 3. The molecule has 1 rings (SSSR count). The van der Waals surface area contributed by atoms with E-state index in [9.17, 15) is 9.59 Å². The Morgan fingerprint density at radius 2 is 1.96 bits per heavy atom. The van der Waals surface area contributed by atoms with E-state index in [0.29, 0.717) is 12.3 Å². The number of ether oxygens (including phenoxy) is 1. The molecule has 0 radical (unpaired) electrons. The van der Waals surface area contributed by atoms with Crippen molar-refractivity contribution in [1.29, 1.82) is 0 Å². The van der Waals surface area contributed by atoms with E-state index in [1.165, 1.54) is 23.6 Å². The SMILES string of the molecule is CCOC(=O)C(=CCCc1ccc(CC(C)C)cc1C)C(C)=O.